The van der Waals surface area contributed by atoms with Crippen LogP contribution in [0.2, 0.25) is 0 Å². The number of rotatable bonds is 1. The van der Waals surface area contributed by atoms with Crippen molar-refractivity contribution in [3.05, 3.63) is 0 Å². The van der Waals surface area contributed by atoms with Crippen molar-refractivity contribution in [1.82, 2.24) is 0 Å². The van der Waals surface area contributed by atoms with Crippen LogP contribution in [0.1, 0.15) is 0 Å². The second kappa shape index (κ2) is 4.47. The molecule has 0 aromatic heterocycles. The number of hydrogen-bond donors (Lipinski definition) is 0. The van der Waals surface area contributed by atoms with Crippen LogP contribution in [0, 0.1) is 0 Å². The molecule has 0 aromatic rings. The topological polar surface area (TPSA) is 17.1 Å². The zero-order valence-corrected chi connectivity index (χ0v) is 7.82. The molecule has 1 nitrogen and oxygen atoms in total. The first kappa shape index (κ1) is 11.4. The van der Waals surface area contributed by atoms with Crippen molar-refractivity contribution in [2.75, 3.05) is 0 Å². The van der Waals surface area contributed by atoms with Gasteiger partial charge in [-0.05, 0) is 0 Å². The summed E-state index contributed by atoms with van der Waals surface area (Å²) in [5, 5.41) is -2.66. The minimum absolute atomic E-state index is 0. The van der Waals surface area contributed by atoms with E-state index < -0.39 is 5.32 Å². The van der Waals surface area contributed by atoms with Gasteiger partial charge in [0, 0.05) is 19.5 Å². The summed E-state index contributed by atoms with van der Waals surface area (Å²) in [5.74, 6) is 0. The van der Waals surface area contributed by atoms with Gasteiger partial charge in [-0.25, -0.2) is 0 Å². The molecule has 0 bridgehead atoms. The Morgan fingerprint density at radius 3 is 1.43 bits per heavy atom. The summed E-state index contributed by atoms with van der Waals surface area (Å²) in [7, 11) is 0. The van der Waals surface area contributed by atoms with Gasteiger partial charge in [0.05, 0.1) is 0 Å². The second-order valence-corrected chi connectivity index (χ2v) is 8.13. The van der Waals surface area contributed by atoms with Crippen LogP contribution in [0.5, 0.6) is 0 Å². The fourth-order valence-electron chi connectivity index (χ4n) is 0. The smallest absolute Gasteiger partial charge is 0.252 e. The fraction of sp³-hybridized carbons (Fsp3) is 0. The third-order valence-corrected chi connectivity index (χ3v) is 1.08. The molecule has 0 radical (unpaired) electrons. The fourth-order valence-corrected chi connectivity index (χ4v) is 0. The predicted molar refractivity (Wildman–Crippen MR) is 31.2 cm³/mol. The molecule has 44 valence electrons. The molecule has 0 rings (SSSR count). The standard InChI is InChI=1S/CHCl3OP.Ru/c2-6(3,4)1-5;/h1H;/q+1;. The Morgan fingerprint density at radius 1 is 1.29 bits per heavy atom. The van der Waals surface area contributed by atoms with Crippen LogP contribution in [0.3, 0.4) is 0 Å². The Bertz CT molecular complexity index is 60.4. The van der Waals surface area contributed by atoms with Crippen molar-refractivity contribution >= 4 is 45.1 Å². The zero-order chi connectivity index (χ0) is 5.21. The molecule has 0 unspecified atom stereocenters. The molecule has 0 atom stereocenters. The summed E-state index contributed by atoms with van der Waals surface area (Å²) < 4.78 is 0. The van der Waals surface area contributed by atoms with Gasteiger partial charge in [-0.15, -0.1) is 0 Å². The molecule has 0 amide bonds. The minimum atomic E-state index is -2.66. The van der Waals surface area contributed by atoms with E-state index >= 15 is 0 Å². The predicted octanol–water partition coefficient (Wildman–Crippen LogP) is 2.65. The quantitative estimate of drug-likeness (QED) is 0.405. The third-order valence-electron chi connectivity index (χ3n) is 0.120. The van der Waals surface area contributed by atoms with Gasteiger partial charge < -0.3 is 0 Å². The van der Waals surface area contributed by atoms with Crippen LogP contribution < -0.4 is 0 Å². The van der Waals surface area contributed by atoms with E-state index in [9.17, 15) is 4.79 Å². The van der Waals surface area contributed by atoms with E-state index in [1.807, 2.05) is 0 Å². The zero-order valence-electron chi connectivity index (χ0n) is 2.92. The Morgan fingerprint density at radius 2 is 1.43 bits per heavy atom. The largest absolute Gasteiger partial charge is 0.371 e. The van der Waals surface area contributed by atoms with E-state index in [0.717, 1.165) is 0 Å². The normalized spacial score (nSPS) is 9.57. The van der Waals surface area contributed by atoms with Crippen molar-refractivity contribution in [3.63, 3.8) is 0 Å². The minimum Gasteiger partial charge on any atom is -0.252 e. The average molecular weight is 267 g/mol. The van der Waals surface area contributed by atoms with Gasteiger partial charge in [0.15, 0.2) is 0 Å². The van der Waals surface area contributed by atoms with E-state index in [0.29, 0.717) is 6.03 Å². The number of carbonyl (C=O) groups excluding carboxylic acids is 1. The molecule has 0 aromatic carbocycles. The first-order valence-electron chi connectivity index (χ1n) is 1.00. The number of halogens is 3. The van der Waals surface area contributed by atoms with Gasteiger partial charge in [-0.2, -0.15) is 0 Å². The van der Waals surface area contributed by atoms with Crippen molar-refractivity contribution < 1.29 is 24.3 Å². The Kier molecular flexibility index (Phi) is 7.28. The molecule has 7 heavy (non-hydrogen) atoms. The molecule has 6 heteroatoms. The Labute approximate surface area is 69.2 Å². The maximum atomic E-state index is 9.48. The van der Waals surface area contributed by atoms with Gasteiger partial charge in [0.25, 0.3) is 0 Å². The second-order valence-electron chi connectivity index (χ2n) is 0.590. The molecular weight excluding hydrogens is 266 g/mol. The summed E-state index contributed by atoms with van der Waals surface area (Å²) in [6.07, 6.45) is 0. The Balaban J connectivity index is 0. The molecule has 0 heterocycles. The van der Waals surface area contributed by atoms with Crippen molar-refractivity contribution in [3.8, 4) is 0 Å². The van der Waals surface area contributed by atoms with Crippen molar-refractivity contribution in [2.24, 2.45) is 0 Å². The molecule has 0 aliphatic carbocycles. The van der Waals surface area contributed by atoms with Crippen LogP contribution >= 0.6 is 39.0 Å². The molecule has 0 saturated carbocycles. The van der Waals surface area contributed by atoms with E-state index in [1.54, 1.807) is 0 Å². The van der Waals surface area contributed by atoms with Crippen LogP contribution in [-0.2, 0) is 24.3 Å². The monoisotopic (exact) mass is 267 g/mol. The van der Waals surface area contributed by atoms with Crippen LogP contribution in [0.15, 0.2) is 0 Å². The summed E-state index contributed by atoms with van der Waals surface area (Å²) in [5.41, 5.74) is 0. The maximum absolute atomic E-state index is 9.48. The van der Waals surface area contributed by atoms with Crippen LogP contribution in [0.4, 0.5) is 0 Å². The molecule has 0 saturated heterocycles. The molecule has 0 N–H and O–H groups in total. The van der Waals surface area contributed by atoms with Crippen LogP contribution in [-0.4, -0.2) is 6.03 Å². The first-order chi connectivity index (χ1) is 2.56. The van der Waals surface area contributed by atoms with Gasteiger partial charge in [-0.3, -0.25) is 4.79 Å². The molecule has 0 aliphatic rings. The van der Waals surface area contributed by atoms with Gasteiger partial charge in [0.1, 0.15) is 33.7 Å². The summed E-state index contributed by atoms with van der Waals surface area (Å²) in [4.78, 5) is 9.48. The van der Waals surface area contributed by atoms with Crippen molar-refractivity contribution in [2.45, 2.75) is 0 Å². The van der Waals surface area contributed by atoms with Gasteiger partial charge >= 0.3 is 11.3 Å². The van der Waals surface area contributed by atoms with Gasteiger partial charge in [-0.1, -0.05) is 0 Å². The van der Waals surface area contributed by atoms with E-state index in [2.05, 4.69) is 0 Å². The average Bonchev–Trinajstić information content (AvgIpc) is 1.35. The maximum Gasteiger partial charge on any atom is 0.371 e. The number of carbonyl (C=O) groups is 1. The third kappa shape index (κ3) is 11.3. The molecule has 0 fully saturated rings. The molecule has 0 spiro atoms. The summed E-state index contributed by atoms with van der Waals surface area (Å²) >= 11 is 15.0. The molecule has 0 aliphatic heterocycles. The summed E-state index contributed by atoms with van der Waals surface area (Å²) in [6.45, 7) is 0. The van der Waals surface area contributed by atoms with E-state index in [1.165, 1.54) is 0 Å². The SMILES string of the molecule is O=C[P+](Cl)(Cl)Cl.[Ru]. The number of hydrogen-bond acceptors (Lipinski definition) is 1. The van der Waals surface area contributed by atoms with E-state index in [4.69, 9.17) is 33.7 Å². The first-order valence-corrected chi connectivity index (χ1v) is 5.57. The Hall–Kier alpha value is 1.59. The van der Waals surface area contributed by atoms with Gasteiger partial charge in [0.2, 0.25) is 0 Å². The molecular formula is CHCl3OPRu+. The van der Waals surface area contributed by atoms with E-state index in [-0.39, 0.29) is 19.5 Å². The van der Waals surface area contributed by atoms with Crippen molar-refractivity contribution in [1.29, 1.82) is 0 Å². The van der Waals surface area contributed by atoms with Crippen LogP contribution in [0.25, 0.3) is 0 Å². The summed E-state index contributed by atoms with van der Waals surface area (Å²) in [6, 6.07) is 0.345.